The maximum Gasteiger partial charge on any atom is 0.137 e. The summed E-state index contributed by atoms with van der Waals surface area (Å²) < 4.78 is 5.11. The van der Waals surface area contributed by atoms with Crippen LogP contribution < -0.4 is 15.8 Å². The lowest BCUT2D eigenvalue weighted by molar-refractivity contribution is 0.351. The molecule has 0 bridgehead atoms. The molecule has 17 heavy (non-hydrogen) atoms. The summed E-state index contributed by atoms with van der Waals surface area (Å²) in [6, 6.07) is 5.81. The highest BCUT2D eigenvalue weighted by Gasteiger charge is 2.14. The Labute approximate surface area is 108 Å². The van der Waals surface area contributed by atoms with Crippen LogP contribution in [-0.4, -0.2) is 20.2 Å². The number of nitrogens with one attached hydrogen (secondary N) is 1. The molecule has 0 aromatic heterocycles. The van der Waals surface area contributed by atoms with E-state index in [0.29, 0.717) is 17.3 Å². The average Bonchev–Trinajstić information content (AvgIpc) is 2.29. The Morgan fingerprint density at radius 1 is 1.41 bits per heavy atom. The molecule has 1 rings (SSSR count). The molecule has 0 aliphatic heterocycles. The highest BCUT2D eigenvalue weighted by atomic mass is 35.5. The zero-order valence-electron chi connectivity index (χ0n) is 10.7. The molecule has 3 nitrogen and oxygen atoms in total. The van der Waals surface area contributed by atoms with Gasteiger partial charge in [-0.2, -0.15) is 0 Å². The van der Waals surface area contributed by atoms with Gasteiger partial charge in [-0.1, -0.05) is 31.5 Å². The number of halogens is 1. The van der Waals surface area contributed by atoms with E-state index in [1.807, 2.05) is 18.2 Å². The molecule has 96 valence electrons. The minimum absolute atomic E-state index is 0.121. The van der Waals surface area contributed by atoms with Crippen molar-refractivity contribution >= 4 is 11.6 Å². The Balaban J connectivity index is 2.50. The van der Waals surface area contributed by atoms with E-state index in [1.165, 1.54) is 0 Å². The van der Waals surface area contributed by atoms with Crippen molar-refractivity contribution in [3.05, 3.63) is 28.8 Å². The van der Waals surface area contributed by atoms with Gasteiger partial charge >= 0.3 is 0 Å². The fourth-order valence-electron chi connectivity index (χ4n) is 1.44. The Morgan fingerprint density at radius 3 is 2.65 bits per heavy atom. The Morgan fingerprint density at radius 2 is 2.12 bits per heavy atom. The number of hydrogen-bond donors (Lipinski definition) is 2. The predicted molar refractivity (Wildman–Crippen MR) is 72.5 cm³/mol. The van der Waals surface area contributed by atoms with Crippen LogP contribution in [0.2, 0.25) is 5.02 Å². The Bertz CT molecular complexity index is 366. The van der Waals surface area contributed by atoms with Crippen LogP contribution in [-0.2, 0) is 6.54 Å². The summed E-state index contributed by atoms with van der Waals surface area (Å²) in [5.41, 5.74) is 6.93. The third-order valence-corrected chi connectivity index (χ3v) is 3.00. The quantitative estimate of drug-likeness (QED) is 0.822. The molecule has 1 aromatic rings. The summed E-state index contributed by atoms with van der Waals surface area (Å²) in [4.78, 5) is 0. The number of nitrogens with two attached hydrogens (primary N) is 1. The van der Waals surface area contributed by atoms with Crippen molar-refractivity contribution in [3.63, 3.8) is 0 Å². The highest BCUT2D eigenvalue weighted by Crippen LogP contribution is 2.24. The van der Waals surface area contributed by atoms with Gasteiger partial charge in [0, 0.05) is 13.1 Å². The molecule has 0 unspecified atom stereocenters. The van der Waals surface area contributed by atoms with Crippen molar-refractivity contribution in [1.29, 1.82) is 0 Å². The van der Waals surface area contributed by atoms with Gasteiger partial charge < -0.3 is 15.8 Å². The number of hydrogen-bond acceptors (Lipinski definition) is 3. The smallest absolute Gasteiger partial charge is 0.137 e. The van der Waals surface area contributed by atoms with Gasteiger partial charge in [0.15, 0.2) is 0 Å². The van der Waals surface area contributed by atoms with E-state index >= 15 is 0 Å². The van der Waals surface area contributed by atoms with E-state index in [4.69, 9.17) is 22.1 Å². The van der Waals surface area contributed by atoms with Gasteiger partial charge in [0.05, 0.1) is 12.1 Å². The normalized spacial score (nSPS) is 11.6. The molecule has 0 aliphatic rings. The van der Waals surface area contributed by atoms with Gasteiger partial charge in [0.25, 0.3) is 0 Å². The first-order valence-electron chi connectivity index (χ1n) is 5.72. The van der Waals surface area contributed by atoms with Gasteiger partial charge in [-0.3, -0.25) is 0 Å². The second-order valence-electron chi connectivity index (χ2n) is 4.94. The lowest BCUT2D eigenvalue weighted by atomic mass is 9.94. The third kappa shape index (κ3) is 4.54. The standard InChI is InChI=1S/C13H21ClN2O/c1-13(2,8-15)9-16-7-10-4-5-12(17-3)11(14)6-10/h4-6,16H,7-9,15H2,1-3H3. The van der Waals surface area contributed by atoms with Crippen molar-refractivity contribution in [1.82, 2.24) is 5.32 Å². The molecule has 0 amide bonds. The molecule has 0 fully saturated rings. The van der Waals surface area contributed by atoms with Crippen LogP contribution in [0.4, 0.5) is 0 Å². The molecule has 0 heterocycles. The molecule has 0 spiro atoms. The van der Waals surface area contributed by atoms with E-state index in [-0.39, 0.29) is 5.41 Å². The minimum Gasteiger partial charge on any atom is -0.495 e. The maximum atomic E-state index is 6.05. The number of rotatable bonds is 6. The summed E-state index contributed by atoms with van der Waals surface area (Å²) in [5.74, 6) is 0.706. The lowest BCUT2D eigenvalue weighted by Crippen LogP contribution is -2.35. The monoisotopic (exact) mass is 256 g/mol. The summed E-state index contributed by atoms with van der Waals surface area (Å²) in [6.07, 6.45) is 0. The zero-order valence-corrected chi connectivity index (χ0v) is 11.5. The summed E-state index contributed by atoms with van der Waals surface area (Å²) >= 11 is 6.05. The molecule has 0 atom stereocenters. The molecule has 0 saturated carbocycles. The van der Waals surface area contributed by atoms with Crippen molar-refractivity contribution in [2.45, 2.75) is 20.4 Å². The van der Waals surface area contributed by atoms with Gasteiger partial charge in [0.2, 0.25) is 0 Å². The summed E-state index contributed by atoms with van der Waals surface area (Å²) in [7, 11) is 1.61. The molecule has 0 radical (unpaired) electrons. The van der Waals surface area contributed by atoms with E-state index in [2.05, 4.69) is 19.2 Å². The van der Waals surface area contributed by atoms with Crippen molar-refractivity contribution in [2.24, 2.45) is 11.1 Å². The van der Waals surface area contributed by atoms with E-state index in [9.17, 15) is 0 Å². The fourth-order valence-corrected chi connectivity index (χ4v) is 1.72. The largest absolute Gasteiger partial charge is 0.495 e. The Kier molecular flexibility index (Phi) is 5.25. The SMILES string of the molecule is COc1ccc(CNCC(C)(C)CN)cc1Cl. The summed E-state index contributed by atoms with van der Waals surface area (Å²) in [6.45, 7) is 6.62. The molecular formula is C13H21ClN2O. The van der Waals surface area contributed by atoms with E-state index in [0.717, 1.165) is 18.7 Å². The molecule has 4 heteroatoms. The molecule has 1 aromatic carbocycles. The van der Waals surface area contributed by atoms with Crippen LogP contribution in [0, 0.1) is 5.41 Å². The van der Waals surface area contributed by atoms with Gasteiger partial charge in [-0.25, -0.2) is 0 Å². The number of methoxy groups -OCH3 is 1. The molecule has 0 aliphatic carbocycles. The Hall–Kier alpha value is -0.770. The van der Waals surface area contributed by atoms with Crippen LogP contribution in [0.15, 0.2) is 18.2 Å². The zero-order chi connectivity index (χ0) is 12.9. The first-order valence-corrected chi connectivity index (χ1v) is 6.09. The van der Waals surface area contributed by atoms with Crippen molar-refractivity contribution in [2.75, 3.05) is 20.2 Å². The second kappa shape index (κ2) is 6.24. The van der Waals surface area contributed by atoms with Gasteiger partial charge in [-0.15, -0.1) is 0 Å². The topological polar surface area (TPSA) is 47.3 Å². The first kappa shape index (κ1) is 14.3. The molecule has 0 saturated heterocycles. The van der Waals surface area contributed by atoms with Crippen LogP contribution in [0.3, 0.4) is 0 Å². The molecule has 3 N–H and O–H groups in total. The van der Waals surface area contributed by atoms with Crippen molar-refractivity contribution < 1.29 is 4.74 Å². The van der Waals surface area contributed by atoms with E-state index in [1.54, 1.807) is 7.11 Å². The average molecular weight is 257 g/mol. The first-order chi connectivity index (χ1) is 7.98. The van der Waals surface area contributed by atoms with Crippen LogP contribution in [0.1, 0.15) is 19.4 Å². The van der Waals surface area contributed by atoms with Crippen LogP contribution in [0.25, 0.3) is 0 Å². The van der Waals surface area contributed by atoms with E-state index < -0.39 is 0 Å². The predicted octanol–water partition coefficient (Wildman–Crippen LogP) is 2.42. The molecular weight excluding hydrogens is 236 g/mol. The van der Waals surface area contributed by atoms with Crippen LogP contribution in [0.5, 0.6) is 5.75 Å². The number of ether oxygens (including phenoxy) is 1. The second-order valence-corrected chi connectivity index (χ2v) is 5.35. The minimum atomic E-state index is 0.121. The fraction of sp³-hybridized carbons (Fsp3) is 0.538. The number of benzene rings is 1. The van der Waals surface area contributed by atoms with Crippen LogP contribution >= 0.6 is 11.6 Å². The van der Waals surface area contributed by atoms with Gasteiger partial charge in [-0.05, 0) is 29.7 Å². The third-order valence-electron chi connectivity index (χ3n) is 2.70. The lowest BCUT2D eigenvalue weighted by Gasteiger charge is -2.22. The van der Waals surface area contributed by atoms with Gasteiger partial charge in [0.1, 0.15) is 5.75 Å². The summed E-state index contributed by atoms with van der Waals surface area (Å²) in [5, 5.41) is 4.02. The van der Waals surface area contributed by atoms with Crippen molar-refractivity contribution in [3.8, 4) is 5.75 Å². The maximum absolute atomic E-state index is 6.05. The highest BCUT2D eigenvalue weighted by molar-refractivity contribution is 6.32.